The van der Waals surface area contributed by atoms with Gasteiger partial charge in [-0.15, -0.1) is 0 Å². The summed E-state index contributed by atoms with van der Waals surface area (Å²) in [5.74, 6) is -1.14. The summed E-state index contributed by atoms with van der Waals surface area (Å²) in [6.45, 7) is 3.29. The highest BCUT2D eigenvalue weighted by molar-refractivity contribution is 6.11. The van der Waals surface area contributed by atoms with Gasteiger partial charge in [0.25, 0.3) is 5.56 Å². The lowest BCUT2D eigenvalue weighted by Crippen LogP contribution is -2.28. The standard InChI is InChI=1S/C18H16N2O4/c1-10-15(12-6-3-4-8-14(12)20-10)16(21)11(2)24-18(23)13-7-5-9-19-17(13)22/h3-9,11,20H,1-2H3,(H,19,22)/t11-/m1/s1. The summed E-state index contributed by atoms with van der Waals surface area (Å²) in [5, 5.41) is 0.778. The molecule has 0 fully saturated rings. The number of hydrogen-bond donors (Lipinski definition) is 2. The van der Waals surface area contributed by atoms with E-state index in [1.807, 2.05) is 24.3 Å². The number of aromatic nitrogens is 2. The maximum Gasteiger partial charge on any atom is 0.344 e. The number of esters is 1. The molecule has 6 heteroatoms. The number of nitrogens with one attached hydrogen (secondary N) is 2. The average molecular weight is 324 g/mol. The summed E-state index contributed by atoms with van der Waals surface area (Å²) < 4.78 is 5.18. The molecule has 0 aliphatic heterocycles. The van der Waals surface area contributed by atoms with Crippen LogP contribution in [0.15, 0.2) is 47.4 Å². The van der Waals surface area contributed by atoms with Crippen LogP contribution in [-0.4, -0.2) is 27.8 Å². The van der Waals surface area contributed by atoms with Gasteiger partial charge in [-0.3, -0.25) is 9.59 Å². The zero-order valence-electron chi connectivity index (χ0n) is 13.3. The molecule has 0 aliphatic carbocycles. The van der Waals surface area contributed by atoms with Gasteiger partial charge >= 0.3 is 5.97 Å². The summed E-state index contributed by atoms with van der Waals surface area (Å²) >= 11 is 0. The van der Waals surface area contributed by atoms with Gasteiger partial charge in [0.05, 0.1) is 0 Å². The Labute approximate surface area is 137 Å². The van der Waals surface area contributed by atoms with Crippen molar-refractivity contribution in [2.75, 3.05) is 0 Å². The molecule has 0 bridgehead atoms. The van der Waals surface area contributed by atoms with Crippen LogP contribution in [0.5, 0.6) is 0 Å². The molecule has 2 heterocycles. The number of aromatic amines is 2. The van der Waals surface area contributed by atoms with Crippen molar-refractivity contribution in [3.05, 3.63) is 69.8 Å². The number of pyridine rings is 1. The molecule has 24 heavy (non-hydrogen) atoms. The number of benzene rings is 1. The Hall–Kier alpha value is -3.15. The van der Waals surface area contributed by atoms with Gasteiger partial charge in [0, 0.05) is 28.4 Å². The molecule has 2 N–H and O–H groups in total. The van der Waals surface area contributed by atoms with Gasteiger partial charge in [0.1, 0.15) is 5.56 Å². The van der Waals surface area contributed by atoms with Crippen molar-refractivity contribution in [2.45, 2.75) is 20.0 Å². The Morgan fingerprint density at radius 1 is 1.12 bits per heavy atom. The van der Waals surface area contributed by atoms with Gasteiger partial charge in [0.2, 0.25) is 5.78 Å². The zero-order valence-corrected chi connectivity index (χ0v) is 13.3. The maximum atomic E-state index is 12.7. The molecule has 0 amide bonds. The molecule has 0 saturated heterocycles. The second-order valence-electron chi connectivity index (χ2n) is 5.50. The van der Waals surface area contributed by atoms with Crippen molar-refractivity contribution in [1.82, 2.24) is 9.97 Å². The van der Waals surface area contributed by atoms with E-state index in [0.29, 0.717) is 11.3 Å². The van der Waals surface area contributed by atoms with Crippen molar-refractivity contribution in [1.29, 1.82) is 0 Å². The number of rotatable bonds is 4. The Morgan fingerprint density at radius 3 is 2.62 bits per heavy atom. The lowest BCUT2D eigenvalue weighted by molar-refractivity contribution is 0.0317. The molecule has 122 valence electrons. The van der Waals surface area contributed by atoms with Crippen LogP contribution in [-0.2, 0) is 4.74 Å². The first-order chi connectivity index (χ1) is 11.5. The fourth-order valence-electron chi connectivity index (χ4n) is 2.66. The minimum atomic E-state index is -1.00. The van der Waals surface area contributed by atoms with Gasteiger partial charge in [-0.05, 0) is 32.0 Å². The number of carbonyl (C=O) groups is 2. The van der Waals surface area contributed by atoms with Crippen LogP contribution in [0.25, 0.3) is 10.9 Å². The maximum absolute atomic E-state index is 12.7. The lowest BCUT2D eigenvalue weighted by atomic mass is 10.0. The molecule has 0 radical (unpaired) electrons. The Balaban J connectivity index is 1.87. The number of para-hydroxylation sites is 1. The van der Waals surface area contributed by atoms with E-state index in [1.165, 1.54) is 25.3 Å². The molecular weight excluding hydrogens is 308 g/mol. The smallest absolute Gasteiger partial charge is 0.344 e. The first kappa shape index (κ1) is 15.7. The van der Waals surface area contributed by atoms with Gasteiger partial charge in [-0.25, -0.2) is 4.79 Å². The van der Waals surface area contributed by atoms with Crippen molar-refractivity contribution in [2.24, 2.45) is 0 Å². The SMILES string of the molecule is Cc1[nH]c2ccccc2c1C(=O)[C@@H](C)OC(=O)c1ccc[nH]c1=O. The second kappa shape index (κ2) is 6.16. The Kier molecular flexibility index (Phi) is 4.04. The molecule has 0 unspecified atom stereocenters. The molecule has 1 aromatic carbocycles. The number of aryl methyl sites for hydroxylation is 1. The van der Waals surface area contributed by atoms with Crippen LogP contribution in [0.3, 0.4) is 0 Å². The molecule has 0 spiro atoms. The lowest BCUT2D eigenvalue weighted by Gasteiger charge is -2.12. The average Bonchev–Trinajstić information content (AvgIpc) is 2.90. The molecule has 0 saturated carbocycles. The number of fused-ring (bicyclic) bond motifs is 1. The van der Waals surface area contributed by atoms with E-state index in [9.17, 15) is 14.4 Å². The summed E-state index contributed by atoms with van der Waals surface area (Å²) in [5.41, 5.74) is 1.36. The number of hydrogen-bond acceptors (Lipinski definition) is 4. The Bertz CT molecular complexity index is 984. The molecule has 3 rings (SSSR count). The van der Waals surface area contributed by atoms with E-state index in [4.69, 9.17) is 4.74 Å². The first-order valence-corrected chi connectivity index (χ1v) is 7.49. The van der Waals surface area contributed by atoms with E-state index >= 15 is 0 Å². The molecule has 6 nitrogen and oxygen atoms in total. The molecule has 0 aliphatic rings. The highest BCUT2D eigenvalue weighted by atomic mass is 16.5. The summed E-state index contributed by atoms with van der Waals surface area (Å²) in [4.78, 5) is 42.0. The minimum Gasteiger partial charge on any atom is -0.451 e. The van der Waals surface area contributed by atoms with Crippen LogP contribution in [0.2, 0.25) is 0 Å². The van der Waals surface area contributed by atoms with E-state index in [-0.39, 0.29) is 11.3 Å². The largest absolute Gasteiger partial charge is 0.451 e. The van der Waals surface area contributed by atoms with Crippen LogP contribution in [0.4, 0.5) is 0 Å². The molecule has 3 aromatic rings. The molecular formula is C18H16N2O4. The monoisotopic (exact) mass is 324 g/mol. The normalized spacial score (nSPS) is 12.1. The summed E-state index contributed by atoms with van der Waals surface area (Å²) in [6, 6.07) is 10.3. The van der Waals surface area contributed by atoms with Crippen molar-refractivity contribution in [3.8, 4) is 0 Å². The second-order valence-corrected chi connectivity index (χ2v) is 5.50. The van der Waals surface area contributed by atoms with Crippen LogP contribution < -0.4 is 5.56 Å². The third-order valence-electron chi connectivity index (χ3n) is 3.83. The topological polar surface area (TPSA) is 92.0 Å². The number of ether oxygens (including phenoxy) is 1. The van der Waals surface area contributed by atoms with E-state index in [0.717, 1.165) is 10.9 Å². The van der Waals surface area contributed by atoms with E-state index in [2.05, 4.69) is 9.97 Å². The Morgan fingerprint density at radius 2 is 1.88 bits per heavy atom. The van der Waals surface area contributed by atoms with E-state index < -0.39 is 17.6 Å². The van der Waals surface area contributed by atoms with Crippen LogP contribution in [0.1, 0.15) is 33.3 Å². The highest BCUT2D eigenvalue weighted by Crippen LogP contribution is 2.24. The minimum absolute atomic E-state index is 0.132. The fraction of sp³-hybridized carbons (Fsp3) is 0.167. The third-order valence-corrected chi connectivity index (χ3v) is 3.83. The van der Waals surface area contributed by atoms with Gasteiger partial charge in [-0.2, -0.15) is 0 Å². The first-order valence-electron chi connectivity index (χ1n) is 7.49. The van der Waals surface area contributed by atoms with Crippen LogP contribution in [0, 0.1) is 6.92 Å². The fourth-order valence-corrected chi connectivity index (χ4v) is 2.66. The van der Waals surface area contributed by atoms with Crippen LogP contribution >= 0.6 is 0 Å². The predicted octanol–water partition coefficient (Wildman–Crippen LogP) is 2.59. The zero-order chi connectivity index (χ0) is 17.3. The number of Topliss-reactive ketones (excluding diaryl/α,β-unsaturated/α-hetero) is 1. The van der Waals surface area contributed by atoms with Crippen molar-refractivity contribution >= 4 is 22.7 Å². The molecule has 2 aromatic heterocycles. The number of carbonyl (C=O) groups excluding carboxylic acids is 2. The van der Waals surface area contributed by atoms with Crippen molar-refractivity contribution in [3.63, 3.8) is 0 Å². The van der Waals surface area contributed by atoms with Gasteiger partial charge < -0.3 is 14.7 Å². The van der Waals surface area contributed by atoms with Crippen molar-refractivity contribution < 1.29 is 14.3 Å². The van der Waals surface area contributed by atoms with E-state index in [1.54, 1.807) is 6.92 Å². The summed E-state index contributed by atoms with van der Waals surface area (Å²) in [6.07, 6.45) is 0.415. The number of ketones is 1. The molecule has 1 atom stereocenters. The predicted molar refractivity (Wildman–Crippen MR) is 89.3 cm³/mol. The number of H-pyrrole nitrogens is 2. The quantitative estimate of drug-likeness (QED) is 0.570. The third kappa shape index (κ3) is 2.74. The van der Waals surface area contributed by atoms with Gasteiger partial charge in [-0.1, -0.05) is 18.2 Å². The highest BCUT2D eigenvalue weighted by Gasteiger charge is 2.25. The summed E-state index contributed by atoms with van der Waals surface area (Å²) in [7, 11) is 0. The van der Waals surface area contributed by atoms with Gasteiger partial charge in [0.15, 0.2) is 6.10 Å².